The molecule has 0 aliphatic rings. The molecule has 0 saturated heterocycles. The van der Waals surface area contributed by atoms with Gasteiger partial charge in [0.2, 0.25) is 0 Å². The van der Waals surface area contributed by atoms with E-state index in [0.717, 1.165) is 17.9 Å². The molecule has 1 unspecified atom stereocenters. The summed E-state index contributed by atoms with van der Waals surface area (Å²) < 4.78 is 0. The largest absolute Gasteiger partial charge is 0.306 e. The van der Waals surface area contributed by atoms with E-state index in [1.165, 1.54) is 5.57 Å². The zero-order chi connectivity index (χ0) is 11.3. The smallest absolute Gasteiger partial charge is 0.0683 e. The van der Waals surface area contributed by atoms with E-state index >= 15 is 0 Å². The van der Waals surface area contributed by atoms with Crippen LogP contribution in [-0.4, -0.2) is 11.5 Å². The van der Waals surface area contributed by atoms with E-state index in [9.17, 15) is 0 Å². The normalized spacial score (nSPS) is 12.3. The summed E-state index contributed by atoms with van der Waals surface area (Å²) in [5.74, 6) is 0. The molecule has 0 aliphatic heterocycles. The molecule has 1 rings (SSSR count). The molecular formula is C13H20N2. The summed E-state index contributed by atoms with van der Waals surface area (Å²) in [6.07, 6.45) is 2.21. The summed E-state index contributed by atoms with van der Waals surface area (Å²) in [6.45, 7) is 9.31. The average Bonchev–Trinajstić information content (AvgIpc) is 2.16. The average molecular weight is 204 g/mol. The predicted molar refractivity (Wildman–Crippen MR) is 64.8 cm³/mol. The molecule has 15 heavy (non-hydrogen) atoms. The van der Waals surface area contributed by atoms with Crippen molar-refractivity contribution in [3.63, 3.8) is 0 Å². The molecule has 0 aromatic carbocycles. The first kappa shape index (κ1) is 11.9. The lowest BCUT2D eigenvalue weighted by Crippen LogP contribution is -2.20. The van der Waals surface area contributed by atoms with Crippen LogP contribution in [0.2, 0.25) is 0 Å². The van der Waals surface area contributed by atoms with Crippen molar-refractivity contribution in [1.82, 2.24) is 10.3 Å². The van der Waals surface area contributed by atoms with Crippen LogP contribution < -0.4 is 5.32 Å². The highest BCUT2D eigenvalue weighted by atomic mass is 14.9. The summed E-state index contributed by atoms with van der Waals surface area (Å²) in [7, 11) is 0. The molecular weight excluding hydrogens is 184 g/mol. The van der Waals surface area contributed by atoms with Gasteiger partial charge in [0.1, 0.15) is 0 Å². The first-order chi connectivity index (χ1) is 7.13. The number of allylic oxidation sites excluding steroid dienone is 1. The lowest BCUT2D eigenvalue weighted by atomic mass is 10.1. The monoisotopic (exact) mass is 204 g/mol. The van der Waals surface area contributed by atoms with Gasteiger partial charge in [0, 0.05) is 5.69 Å². The Morgan fingerprint density at radius 3 is 2.73 bits per heavy atom. The van der Waals surface area contributed by atoms with Crippen molar-refractivity contribution < 1.29 is 0 Å². The number of hydrogen-bond donors (Lipinski definition) is 1. The van der Waals surface area contributed by atoms with Gasteiger partial charge in [-0.1, -0.05) is 24.6 Å². The Bertz CT molecular complexity index is 338. The van der Waals surface area contributed by atoms with E-state index in [1.54, 1.807) is 0 Å². The number of aromatic nitrogens is 1. The van der Waals surface area contributed by atoms with Crippen LogP contribution in [0.25, 0.3) is 0 Å². The number of hydrogen-bond acceptors (Lipinski definition) is 2. The summed E-state index contributed by atoms with van der Waals surface area (Å²) >= 11 is 0. The Morgan fingerprint density at radius 2 is 2.20 bits per heavy atom. The van der Waals surface area contributed by atoms with E-state index in [1.807, 2.05) is 13.0 Å². The summed E-state index contributed by atoms with van der Waals surface area (Å²) in [4.78, 5) is 4.54. The second-order valence-corrected chi connectivity index (χ2v) is 3.98. The van der Waals surface area contributed by atoms with Gasteiger partial charge in [0.25, 0.3) is 0 Å². The molecule has 0 amide bonds. The third-order valence-electron chi connectivity index (χ3n) is 2.15. The molecule has 0 aliphatic carbocycles. The van der Waals surface area contributed by atoms with Crippen LogP contribution in [0, 0.1) is 6.92 Å². The van der Waals surface area contributed by atoms with Gasteiger partial charge in [-0.15, -0.1) is 0 Å². The third kappa shape index (κ3) is 3.84. The second-order valence-electron chi connectivity index (χ2n) is 3.98. The lowest BCUT2D eigenvalue weighted by Gasteiger charge is -2.14. The Kier molecular flexibility index (Phi) is 4.50. The fraction of sp³-hybridized carbons (Fsp3) is 0.462. The Balaban J connectivity index is 2.93. The third-order valence-corrected chi connectivity index (χ3v) is 2.15. The summed E-state index contributed by atoms with van der Waals surface area (Å²) in [5.41, 5.74) is 3.47. The maximum Gasteiger partial charge on any atom is 0.0683 e. The molecule has 0 spiro atoms. The molecule has 1 aromatic rings. The Hall–Kier alpha value is -1.15. The first-order valence-electron chi connectivity index (χ1n) is 5.45. The zero-order valence-corrected chi connectivity index (χ0v) is 10.0. The molecule has 82 valence electrons. The van der Waals surface area contributed by atoms with E-state index in [-0.39, 0.29) is 6.04 Å². The summed E-state index contributed by atoms with van der Waals surface area (Å²) in [5, 5.41) is 3.42. The molecule has 0 bridgehead atoms. The van der Waals surface area contributed by atoms with Gasteiger partial charge in [-0.3, -0.25) is 4.98 Å². The fourth-order valence-corrected chi connectivity index (χ4v) is 1.54. The standard InChI is InChI=1S/C13H20N2/c1-5-14-13(9-10(2)3)12-8-6-7-11(4)15-12/h6-9,13-14H,5H2,1-4H3. The summed E-state index contributed by atoms with van der Waals surface area (Å²) in [6, 6.07) is 6.38. The minimum absolute atomic E-state index is 0.236. The van der Waals surface area contributed by atoms with Gasteiger partial charge in [-0.2, -0.15) is 0 Å². The van der Waals surface area contributed by atoms with Crippen molar-refractivity contribution >= 4 is 0 Å². The van der Waals surface area contributed by atoms with E-state index in [2.05, 4.69) is 49.3 Å². The van der Waals surface area contributed by atoms with Gasteiger partial charge in [-0.25, -0.2) is 0 Å². The molecule has 1 atom stereocenters. The second kappa shape index (κ2) is 5.66. The number of likely N-dealkylation sites (N-methyl/N-ethyl adjacent to an activating group) is 1. The predicted octanol–water partition coefficient (Wildman–Crippen LogP) is 3.01. The van der Waals surface area contributed by atoms with Crippen LogP contribution in [0.4, 0.5) is 0 Å². The van der Waals surface area contributed by atoms with Crippen molar-refractivity contribution in [2.24, 2.45) is 0 Å². The van der Waals surface area contributed by atoms with Gasteiger partial charge < -0.3 is 5.32 Å². The minimum Gasteiger partial charge on any atom is -0.306 e. The van der Waals surface area contributed by atoms with Crippen molar-refractivity contribution in [3.8, 4) is 0 Å². The van der Waals surface area contributed by atoms with Gasteiger partial charge in [0.15, 0.2) is 0 Å². The van der Waals surface area contributed by atoms with Crippen molar-refractivity contribution in [2.75, 3.05) is 6.54 Å². The first-order valence-corrected chi connectivity index (χ1v) is 5.45. The molecule has 0 saturated carbocycles. The van der Waals surface area contributed by atoms with Crippen LogP contribution in [0.5, 0.6) is 0 Å². The topological polar surface area (TPSA) is 24.9 Å². The van der Waals surface area contributed by atoms with E-state index < -0.39 is 0 Å². The van der Waals surface area contributed by atoms with E-state index in [0.29, 0.717) is 0 Å². The molecule has 2 nitrogen and oxygen atoms in total. The van der Waals surface area contributed by atoms with Crippen LogP contribution in [0.1, 0.15) is 38.2 Å². The highest BCUT2D eigenvalue weighted by Gasteiger charge is 2.07. The SMILES string of the molecule is CCNC(C=C(C)C)c1cccc(C)n1. The highest BCUT2D eigenvalue weighted by molar-refractivity contribution is 5.19. The maximum atomic E-state index is 4.54. The van der Waals surface area contributed by atoms with Crippen LogP contribution in [0.3, 0.4) is 0 Å². The fourth-order valence-electron chi connectivity index (χ4n) is 1.54. The molecule has 0 fully saturated rings. The number of nitrogens with one attached hydrogen (secondary N) is 1. The van der Waals surface area contributed by atoms with Crippen molar-refractivity contribution in [1.29, 1.82) is 0 Å². The van der Waals surface area contributed by atoms with Crippen LogP contribution in [-0.2, 0) is 0 Å². The van der Waals surface area contributed by atoms with Crippen molar-refractivity contribution in [3.05, 3.63) is 41.2 Å². The molecule has 1 aromatic heterocycles. The number of rotatable bonds is 4. The quantitative estimate of drug-likeness (QED) is 0.763. The van der Waals surface area contributed by atoms with Crippen molar-refractivity contribution in [2.45, 2.75) is 33.7 Å². The maximum absolute atomic E-state index is 4.54. The van der Waals surface area contributed by atoms with Gasteiger partial charge >= 0.3 is 0 Å². The molecule has 1 heterocycles. The minimum atomic E-state index is 0.236. The van der Waals surface area contributed by atoms with Gasteiger partial charge in [0.05, 0.1) is 11.7 Å². The van der Waals surface area contributed by atoms with Crippen LogP contribution in [0.15, 0.2) is 29.8 Å². The van der Waals surface area contributed by atoms with E-state index in [4.69, 9.17) is 0 Å². The lowest BCUT2D eigenvalue weighted by molar-refractivity contribution is 0.628. The number of pyridine rings is 1. The molecule has 1 N–H and O–H groups in total. The number of aryl methyl sites for hydroxylation is 1. The molecule has 2 heteroatoms. The van der Waals surface area contributed by atoms with Gasteiger partial charge in [-0.05, 0) is 39.4 Å². The Morgan fingerprint density at radius 1 is 1.47 bits per heavy atom. The Labute approximate surface area is 92.4 Å². The zero-order valence-electron chi connectivity index (χ0n) is 10.0. The molecule has 0 radical (unpaired) electrons. The van der Waals surface area contributed by atoms with Crippen LogP contribution >= 0.6 is 0 Å². The number of nitrogens with zero attached hydrogens (tertiary/aromatic N) is 1. The highest BCUT2D eigenvalue weighted by Crippen LogP contribution is 2.14.